The Morgan fingerprint density at radius 1 is 1.26 bits per heavy atom. The van der Waals surface area contributed by atoms with Gasteiger partial charge in [0.15, 0.2) is 11.6 Å². The molecule has 9 atom stereocenters. The molecule has 0 bridgehead atoms. The average molecular weight is 539 g/mol. The van der Waals surface area contributed by atoms with Crippen LogP contribution in [0.5, 0.6) is 0 Å². The molecular formula is C27H36BrFO5. The molecule has 0 saturated heterocycles. The highest BCUT2D eigenvalue weighted by atomic mass is 79.9. The number of hydrogen-bond acceptors (Lipinski definition) is 5. The van der Waals surface area contributed by atoms with Crippen LogP contribution in [0.15, 0.2) is 23.8 Å². The highest BCUT2D eigenvalue weighted by Gasteiger charge is 2.71. The van der Waals surface area contributed by atoms with E-state index in [4.69, 9.17) is 4.74 Å². The highest BCUT2D eigenvalue weighted by Crippen LogP contribution is 2.71. The molecule has 1 N–H and O–H groups in total. The van der Waals surface area contributed by atoms with Crippen LogP contribution in [0.1, 0.15) is 66.2 Å². The number of ketones is 2. The molecule has 0 unspecified atom stereocenters. The second kappa shape index (κ2) is 8.95. The van der Waals surface area contributed by atoms with Crippen LogP contribution in [0.4, 0.5) is 4.39 Å². The molecule has 188 valence electrons. The largest absolute Gasteiger partial charge is 0.458 e. The molecule has 5 nitrogen and oxygen atoms in total. The quantitative estimate of drug-likeness (QED) is 0.384. The van der Waals surface area contributed by atoms with E-state index in [1.807, 2.05) is 27.7 Å². The summed E-state index contributed by atoms with van der Waals surface area (Å²) in [6.45, 7) is 7.72. The number of alkyl halides is 2. The summed E-state index contributed by atoms with van der Waals surface area (Å²) in [4.78, 5) is 37.3. The number of esters is 1. The number of aliphatic hydroxyl groups is 1. The summed E-state index contributed by atoms with van der Waals surface area (Å²) < 4.78 is 20.0. The first-order chi connectivity index (χ1) is 15.9. The summed E-state index contributed by atoms with van der Waals surface area (Å²) in [5.41, 5.74) is -0.947. The zero-order valence-corrected chi connectivity index (χ0v) is 22.1. The smallest absolute Gasteiger partial charge is 0.306 e. The van der Waals surface area contributed by atoms with Gasteiger partial charge in [-0.05, 0) is 66.6 Å². The third-order valence-corrected chi connectivity index (χ3v) is 11.4. The fourth-order valence-electron chi connectivity index (χ4n) is 7.89. The molecule has 0 aromatic heterocycles. The van der Waals surface area contributed by atoms with Crippen molar-refractivity contribution in [1.29, 1.82) is 0 Å². The SMILES string of the molecule is CCCCC(=O)OCC(=O)[C@H]1[C@H](C)C[C@H]2[C@@H]3C[C@H](F)C4=CC(=O)C=C[C@]4(C)[C@@]3(Br)[C@@H](O)C[C@@]21C. The van der Waals surface area contributed by atoms with Crippen molar-refractivity contribution >= 4 is 33.5 Å². The number of unbranched alkanes of at least 4 members (excludes halogenated alkanes) is 1. The molecule has 34 heavy (non-hydrogen) atoms. The van der Waals surface area contributed by atoms with Gasteiger partial charge in [0.1, 0.15) is 12.8 Å². The molecule has 0 amide bonds. The topological polar surface area (TPSA) is 80.7 Å². The van der Waals surface area contributed by atoms with Gasteiger partial charge >= 0.3 is 5.97 Å². The van der Waals surface area contributed by atoms with Crippen molar-refractivity contribution in [3.05, 3.63) is 23.8 Å². The van der Waals surface area contributed by atoms with Crippen LogP contribution >= 0.6 is 15.9 Å². The average Bonchev–Trinajstić information content (AvgIpc) is 3.03. The number of fused-ring (bicyclic) bond motifs is 5. The Morgan fingerprint density at radius 2 is 1.97 bits per heavy atom. The Morgan fingerprint density at radius 3 is 2.65 bits per heavy atom. The Labute approximate surface area is 209 Å². The molecule has 0 spiro atoms. The highest BCUT2D eigenvalue weighted by molar-refractivity contribution is 9.10. The van der Waals surface area contributed by atoms with Gasteiger partial charge in [0, 0.05) is 17.8 Å². The predicted molar refractivity (Wildman–Crippen MR) is 130 cm³/mol. The molecule has 0 radical (unpaired) electrons. The number of hydrogen-bond donors (Lipinski definition) is 1. The van der Waals surface area contributed by atoms with Crippen LogP contribution in [0.3, 0.4) is 0 Å². The Kier molecular flexibility index (Phi) is 6.78. The molecule has 3 saturated carbocycles. The number of aliphatic hydroxyl groups excluding tert-OH is 1. The van der Waals surface area contributed by atoms with Crippen molar-refractivity contribution < 1.29 is 28.6 Å². The number of rotatable bonds is 6. The van der Waals surface area contributed by atoms with Crippen LogP contribution in [-0.4, -0.2) is 45.8 Å². The molecule has 7 heteroatoms. The van der Waals surface area contributed by atoms with Crippen LogP contribution in [0, 0.1) is 34.5 Å². The molecule has 3 fully saturated rings. The minimum absolute atomic E-state index is 0.0117. The lowest BCUT2D eigenvalue weighted by Gasteiger charge is -2.64. The van der Waals surface area contributed by atoms with Gasteiger partial charge in [0.2, 0.25) is 0 Å². The van der Waals surface area contributed by atoms with Gasteiger partial charge in [-0.25, -0.2) is 4.39 Å². The van der Waals surface area contributed by atoms with E-state index in [1.165, 1.54) is 12.2 Å². The molecule has 0 aliphatic heterocycles. The van der Waals surface area contributed by atoms with Crippen molar-refractivity contribution in [3.8, 4) is 0 Å². The maximum absolute atomic E-state index is 15.6. The summed E-state index contributed by atoms with van der Waals surface area (Å²) in [7, 11) is 0. The van der Waals surface area contributed by atoms with Gasteiger partial charge in [0.05, 0.1) is 10.4 Å². The second-order valence-corrected chi connectivity index (χ2v) is 12.7. The van der Waals surface area contributed by atoms with Gasteiger partial charge in [0.25, 0.3) is 0 Å². The number of allylic oxidation sites excluding steroid dienone is 4. The molecule has 4 rings (SSSR count). The van der Waals surface area contributed by atoms with Gasteiger partial charge in [-0.3, -0.25) is 14.4 Å². The van der Waals surface area contributed by atoms with E-state index in [0.717, 1.165) is 19.3 Å². The molecule has 4 aliphatic rings. The predicted octanol–water partition coefficient (Wildman–Crippen LogP) is 4.90. The minimum atomic E-state index is -1.28. The lowest BCUT2D eigenvalue weighted by Crippen LogP contribution is -2.67. The third kappa shape index (κ3) is 3.68. The Balaban J connectivity index is 1.63. The van der Waals surface area contributed by atoms with Crippen LogP contribution in [-0.2, 0) is 19.1 Å². The fourth-order valence-corrected chi connectivity index (χ4v) is 8.92. The summed E-state index contributed by atoms with van der Waals surface area (Å²) in [6, 6.07) is 0. The van der Waals surface area contributed by atoms with E-state index in [2.05, 4.69) is 15.9 Å². The van der Waals surface area contributed by atoms with E-state index in [-0.39, 0.29) is 54.2 Å². The lowest BCUT2D eigenvalue weighted by atomic mass is 9.46. The zero-order valence-electron chi connectivity index (χ0n) is 20.5. The Bertz CT molecular complexity index is 945. The van der Waals surface area contributed by atoms with Crippen molar-refractivity contribution in [1.82, 2.24) is 0 Å². The summed E-state index contributed by atoms with van der Waals surface area (Å²) in [6.07, 6.45) is 5.72. The normalized spacial score (nSPS) is 45.1. The molecule has 4 aliphatic carbocycles. The molecule has 0 heterocycles. The van der Waals surface area contributed by atoms with Gasteiger partial charge < -0.3 is 9.84 Å². The van der Waals surface area contributed by atoms with Gasteiger partial charge in [-0.2, -0.15) is 0 Å². The van der Waals surface area contributed by atoms with E-state index in [9.17, 15) is 19.5 Å². The standard InChI is InChI=1S/C27H36BrFO5/c1-5-6-7-23(33)34-14-21(31)24-15(2)10-17-18-12-20(29)19-11-16(30)8-9-26(19,4)27(18,28)22(32)13-25(17,24)3/h8-9,11,15,17-18,20,22,24,32H,5-7,10,12-14H2,1-4H3/t15-,17+,18+,20+,22+,24-,25+,26+,27+/m1/s1. The monoisotopic (exact) mass is 538 g/mol. The first kappa shape index (κ1) is 25.7. The minimum Gasteiger partial charge on any atom is -0.458 e. The van der Waals surface area contributed by atoms with E-state index < -0.39 is 27.4 Å². The van der Waals surface area contributed by atoms with Gasteiger partial charge in [-0.15, -0.1) is 0 Å². The fraction of sp³-hybridized carbons (Fsp3) is 0.741. The summed E-state index contributed by atoms with van der Waals surface area (Å²) in [5.74, 6) is -1.24. The molecule has 0 aromatic rings. The van der Waals surface area contributed by atoms with Crippen LogP contribution < -0.4 is 0 Å². The van der Waals surface area contributed by atoms with E-state index in [1.54, 1.807) is 6.08 Å². The van der Waals surface area contributed by atoms with Crippen molar-refractivity contribution in [3.63, 3.8) is 0 Å². The Hall–Kier alpha value is -1.34. The number of carbonyl (C=O) groups is 3. The van der Waals surface area contributed by atoms with E-state index in [0.29, 0.717) is 18.4 Å². The lowest BCUT2D eigenvalue weighted by molar-refractivity contribution is -0.153. The summed E-state index contributed by atoms with van der Waals surface area (Å²) in [5, 5.41) is 11.6. The van der Waals surface area contributed by atoms with Gasteiger partial charge in [-0.1, -0.05) is 56.1 Å². The van der Waals surface area contributed by atoms with E-state index >= 15 is 4.39 Å². The second-order valence-electron chi connectivity index (χ2n) is 11.4. The maximum Gasteiger partial charge on any atom is 0.306 e. The number of Topliss-reactive ketones (excluding diaryl/α,β-unsaturated/α-hetero) is 1. The third-order valence-electron chi connectivity index (χ3n) is 9.43. The van der Waals surface area contributed by atoms with Crippen LogP contribution in [0.25, 0.3) is 0 Å². The molecular weight excluding hydrogens is 503 g/mol. The number of ether oxygens (including phenoxy) is 1. The zero-order chi connectivity index (χ0) is 25.1. The number of halogens is 2. The van der Waals surface area contributed by atoms with Crippen molar-refractivity contribution in [2.24, 2.45) is 34.5 Å². The van der Waals surface area contributed by atoms with Crippen LogP contribution in [0.2, 0.25) is 0 Å². The van der Waals surface area contributed by atoms with Crippen molar-refractivity contribution in [2.75, 3.05) is 6.61 Å². The first-order valence-electron chi connectivity index (χ1n) is 12.5. The summed E-state index contributed by atoms with van der Waals surface area (Å²) >= 11 is 3.92. The number of carbonyl (C=O) groups excluding carboxylic acids is 3. The maximum atomic E-state index is 15.6. The van der Waals surface area contributed by atoms with Crippen molar-refractivity contribution in [2.45, 2.75) is 82.8 Å². The molecule has 0 aromatic carbocycles. The first-order valence-corrected chi connectivity index (χ1v) is 13.3.